The van der Waals surface area contributed by atoms with Gasteiger partial charge in [-0.15, -0.1) is 0 Å². The van der Waals surface area contributed by atoms with Crippen LogP contribution in [0.25, 0.3) is 0 Å². The second kappa shape index (κ2) is 8.66. The van der Waals surface area contributed by atoms with Crippen LogP contribution in [0.4, 0.5) is 5.69 Å². The molecule has 0 radical (unpaired) electrons. The van der Waals surface area contributed by atoms with Gasteiger partial charge in [0.1, 0.15) is 0 Å². The molecule has 0 fully saturated rings. The molecule has 0 unspecified atom stereocenters. The zero-order chi connectivity index (χ0) is 15.8. The minimum absolute atomic E-state index is 0.0218. The fourth-order valence-corrected chi connectivity index (χ4v) is 2.50. The van der Waals surface area contributed by atoms with Crippen LogP contribution in [-0.2, 0) is 11.2 Å². The lowest BCUT2D eigenvalue weighted by Crippen LogP contribution is -2.27. The van der Waals surface area contributed by atoms with Crippen molar-refractivity contribution in [2.45, 2.75) is 12.8 Å². The minimum Gasteiger partial charge on any atom is -0.383 e. The minimum atomic E-state index is 0.0218. The van der Waals surface area contributed by atoms with E-state index in [-0.39, 0.29) is 5.91 Å². The first kappa shape index (κ1) is 16.7. The zero-order valence-corrected chi connectivity index (χ0v) is 13.6. The van der Waals surface area contributed by atoms with E-state index in [1.807, 2.05) is 18.2 Å². The monoisotopic (exact) mass is 336 g/mol. The third-order valence-corrected chi connectivity index (χ3v) is 3.73. The van der Waals surface area contributed by atoms with E-state index < -0.39 is 0 Å². The van der Waals surface area contributed by atoms with E-state index in [2.05, 4.69) is 22.8 Å². The molecule has 116 valence electrons. The number of carbonyl (C=O) groups is 1. The average Bonchev–Trinajstić information content (AvgIpc) is 2.50. The molecular weight excluding hydrogens is 319 g/mol. The number of amides is 1. The topological polar surface area (TPSA) is 41.1 Å². The van der Waals surface area contributed by atoms with E-state index >= 15 is 0 Å². The first-order chi connectivity index (χ1) is 10.6. The Hall–Kier alpha value is -1.71. The Bertz CT molecular complexity index is 617. The van der Waals surface area contributed by atoms with Gasteiger partial charge in [0.2, 0.25) is 5.91 Å². The van der Waals surface area contributed by atoms with E-state index in [9.17, 15) is 4.79 Å². The van der Waals surface area contributed by atoms with Gasteiger partial charge in [-0.1, -0.05) is 53.5 Å². The smallest absolute Gasteiger partial charge is 0.221 e. The lowest BCUT2D eigenvalue weighted by molar-refractivity contribution is -0.120. The molecule has 0 atom stereocenters. The first-order valence-corrected chi connectivity index (χ1v) is 7.90. The van der Waals surface area contributed by atoms with Crippen LogP contribution in [-0.4, -0.2) is 19.0 Å². The largest absolute Gasteiger partial charge is 0.383 e. The highest BCUT2D eigenvalue weighted by molar-refractivity contribution is 6.36. The molecule has 2 aromatic carbocycles. The molecule has 0 aromatic heterocycles. The van der Waals surface area contributed by atoms with Crippen LogP contribution in [0.3, 0.4) is 0 Å². The molecule has 5 heteroatoms. The second-order valence-corrected chi connectivity index (χ2v) is 5.73. The van der Waals surface area contributed by atoms with Crippen molar-refractivity contribution in [3.05, 3.63) is 64.1 Å². The van der Waals surface area contributed by atoms with Gasteiger partial charge in [-0.05, 0) is 30.2 Å². The summed E-state index contributed by atoms with van der Waals surface area (Å²) < 4.78 is 0. The second-order valence-electron chi connectivity index (χ2n) is 4.89. The number of nitrogens with one attached hydrogen (secondary N) is 2. The van der Waals surface area contributed by atoms with Gasteiger partial charge >= 0.3 is 0 Å². The molecule has 1 amide bonds. The van der Waals surface area contributed by atoms with Gasteiger partial charge in [-0.25, -0.2) is 0 Å². The van der Waals surface area contributed by atoms with Gasteiger partial charge in [-0.3, -0.25) is 4.79 Å². The van der Waals surface area contributed by atoms with Crippen molar-refractivity contribution in [2.75, 3.05) is 18.4 Å². The van der Waals surface area contributed by atoms with Crippen LogP contribution in [0, 0.1) is 0 Å². The van der Waals surface area contributed by atoms with Gasteiger partial charge in [0.15, 0.2) is 0 Å². The van der Waals surface area contributed by atoms with E-state index in [1.165, 1.54) is 5.56 Å². The molecule has 2 rings (SSSR count). The van der Waals surface area contributed by atoms with Crippen LogP contribution in [0.15, 0.2) is 48.5 Å². The molecule has 22 heavy (non-hydrogen) atoms. The maximum atomic E-state index is 11.8. The standard InChI is InChI=1S/C17H18Cl2N2O/c18-14-6-7-16(15(19)12-14)20-11-9-17(22)21-10-8-13-4-2-1-3-5-13/h1-7,12,20H,8-11H2,(H,21,22). The quantitative estimate of drug-likeness (QED) is 0.797. The normalized spacial score (nSPS) is 10.3. The summed E-state index contributed by atoms with van der Waals surface area (Å²) in [6, 6.07) is 15.3. The van der Waals surface area contributed by atoms with Crippen molar-refractivity contribution < 1.29 is 4.79 Å². The first-order valence-electron chi connectivity index (χ1n) is 7.15. The van der Waals surface area contributed by atoms with Gasteiger partial charge in [0.25, 0.3) is 0 Å². The third kappa shape index (κ3) is 5.58. The number of hydrogen-bond acceptors (Lipinski definition) is 2. The molecular formula is C17H18Cl2N2O. The predicted octanol–water partition coefficient (Wildman–Crippen LogP) is 4.15. The summed E-state index contributed by atoms with van der Waals surface area (Å²) in [5, 5.41) is 7.18. The number of hydrogen-bond donors (Lipinski definition) is 2. The van der Waals surface area contributed by atoms with Crippen molar-refractivity contribution >= 4 is 34.8 Å². The highest BCUT2D eigenvalue weighted by Gasteiger charge is 2.03. The van der Waals surface area contributed by atoms with Crippen LogP contribution < -0.4 is 10.6 Å². The van der Waals surface area contributed by atoms with Crippen molar-refractivity contribution in [3.8, 4) is 0 Å². The van der Waals surface area contributed by atoms with Crippen molar-refractivity contribution in [1.29, 1.82) is 0 Å². The van der Waals surface area contributed by atoms with Gasteiger partial charge in [0, 0.05) is 24.5 Å². The molecule has 0 spiro atoms. The summed E-state index contributed by atoms with van der Waals surface area (Å²) in [7, 11) is 0. The van der Waals surface area contributed by atoms with Crippen molar-refractivity contribution in [1.82, 2.24) is 5.32 Å². The van der Waals surface area contributed by atoms with E-state index in [0.717, 1.165) is 12.1 Å². The van der Waals surface area contributed by atoms with E-state index in [1.54, 1.807) is 18.2 Å². The summed E-state index contributed by atoms with van der Waals surface area (Å²) in [6.45, 7) is 1.17. The lowest BCUT2D eigenvalue weighted by atomic mass is 10.1. The summed E-state index contributed by atoms with van der Waals surface area (Å²) in [6.07, 6.45) is 1.23. The summed E-state index contributed by atoms with van der Waals surface area (Å²) in [5.41, 5.74) is 2.00. The Morgan fingerprint density at radius 3 is 2.50 bits per heavy atom. The summed E-state index contributed by atoms with van der Waals surface area (Å²) in [4.78, 5) is 11.8. The zero-order valence-electron chi connectivity index (χ0n) is 12.1. The van der Waals surface area contributed by atoms with Crippen LogP contribution >= 0.6 is 23.2 Å². The number of rotatable bonds is 7. The molecule has 0 bridgehead atoms. The summed E-state index contributed by atoms with van der Waals surface area (Å²) >= 11 is 11.9. The number of halogens is 2. The fraction of sp³-hybridized carbons (Fsp3) is 0.235. The molecule has 0 aliphatic rings. The number of benzene rings is 2. The molecule has 0 saturated carbocycles. The van der Waals surface area contributed by atoms with Crippen LogP contribution in [0.5, 0.6) is 0 Å². The highest BCUT2D eigenvalue weighted by atomic mass is 35.5. The molecule has 0 aliphatic heterocycles. The molecule has 2 N–H and O–H groups in total. The SMILES string of the molecule is O=C(CCNc1ccc(Cl)cc1Cl)NCCc1ccccc1. The van der Waals surface area contributed by atoms with Gasteiger partial charge in [0.05, 0.1) is 10.7 Å². The Kier molecular flexibility index (Phi) is 6.56. The highest BCUT2D eigenvalue weighted by Crippen LogP contribution is 2.25. The van der Waals surface area contributed by atoms with Crippen molar-refractivity contribution in [3.63, 3.8) is 0 Å². The fourth-order valence-electron chi connectivity index (χ4n) is 2.02. The van der Waals surface area contributed by atoms with E-state index in [0.29, 0.717) is 29.6 Å². The maximum absolute atomic E-state index is 11.8. The van der Waals surface area contributed by atoms with Crippen LogP contribution in [0.1, 0.15) is 12.0 Å². The Morgan fingerprint density at radius 2 is 1.77 bits per heavy atom. The molecule has 0 heterocycles. The molecule has 2 aromatic rings. The summed E-state index contributed by atoms with van der Waals surface area (Å²) in [5.74, 6) is 0.0218. The predicted molar refractivity (Wildman–Crippen MR) is 92.7 cm³/mol. The Labute approximate surface area is 140 Å². The Morgan fingerprint density at radius 1 is 1.00 bits per heavy atom. The van der Waals surface area contributed by atoms with Gasteiger partial charge < -0.3 is 10.6 Å². The number of anilines is 1. The molecule has 0 saturated heterocycles. The Balaban J connectivity index is 1.65. The maximum Gasteiger partial charge on any atom is 0.221 e. The molecule has 0 aliphatic carbocycles. The van der Waals surface area contributed by atoms with Gasteiger partial charge in [-0.2, -0.15) is 0 Å². The number of carbonyl (C=O) groups excluding carboxylic acids is 1. The van der Waals surface area contributed by atoms with E-state index in [4.69, 9.17) is 23.2 Å². The average molecular weight is 337 g/mol. The van der Waals surface area contributed by atoms with Crippen LogP contribution in [0.2, 0.25) is 10.0 Å². The lowest BCUT2D eigenvalue weighted by Gasteiger charge is -2.09. The van der Waals surface area contributed by atoms with Crippen molar-refractivity contribution in [2.24, 2.45) is 0 Å². The third-order valence-electron chi connectivity index (χ3n) is 3.18. The molecule has 3 nitrogen and oxygen atoms in total.